The molecule has 1 fully saturated rings. The number of methoxy groups -OCH3 is 2. The number of nitrogens with zero attached hydrogens (tertiary/aromatic N) is 5. The number of anilines is 1. The first kappa shape index (κ1) is 12.6. The summed E-state index contributed by atoms with van der Waals surface area (Å²) in [6.45, 7) is 8.33. The van der Waals surface area contributed by atoms with E-state index in [-0.39, 0.29) is 17.9 Å². The highest BCUT2D eigenvalue weighted by Gasteiger charge is 2.26. The number of aromatic nitrogens is 4. The van der Waals surface area contributed by atoms with E-state index in [1.165, 1.54) is 32.9 Å². The summed E-state index contributed by atoms with van der Waals surface area (Å²) in [5.41, 5.74) is 7.12. The minimum Gasteiger partial charge on any atom is -0.383 e. The number of rotatable bonds is 7. The van der Waals surface area contributed by atoms with E-state index in [9.17, 15) is 0 Å². The predicted molar refractivity (Wildman–Crippen MR) is 107 cm³/mol. The molecule has 0 amide bonds. The fourth-order valence-corrected chi connectivity index (χ4v) is 2.84. The normalized spacial score (nSPS) is 31.6. The summed E-state index contributed by atoms with van der Waals surface area (Å²) in [6.07, 6.45) is -3.86. The van der Waals surface area contributed by atoms with E-state index in [1.807, 2.05) is 0 Å². The molecule has 0 aliphatic heterocycles. The van der Waals surface area contributed by atoms with Crippen LogP contribution in [-0.2, 0) is 15.9 Å². The maximum Gasteiger partial charge on any atom is 0.175 e. The van der Waals surface area contributed by atoms with Crippen molar-refractivity contribution in [3.8, 4) is 11.3 Å². The van der Waals surface area contributed by atoms with E-state index in [4.69, 9.17) is 31.4 Å². The number of nitrogen functional groups attached to an aromatic ring is 1. The Labute approximate surface area is 175 Å². The van der Waals surface area contributed by atoms with Crippen LogP contribution in [0.3, 0.4) is 0 Å². The molecule has 0 aromatic carbocycles. The maximum atomic E-state index is 8.52. The molecule has 8 nitrogen and oxygen atoms in total. The van der Waals surface area contributed by atoms with Gasteiger partial charge in [0.25, 0.3) is 0 Å². The van der Waals surface area contributed by atoms with Crippen LogP contribution in [-0.4, -0.2) is 40.3 Å². The average Bonchev–Trinajstić information content (AvgIpc) is 3.28. The van der Waals surface area contributed by atoms with E-state index in [0.717, 1.165) is 17.8 Å². The zero-order chi connectivity index (χ0) is 26.4. The van der Waals surface area contributed by atoms with Gasteiger partial charge in [-0.2, -0.15) is 5.10 Å². The number of hydrogen-bond acceptors (Lipinski definition) is 6. The van der Waals surface area contributed by atoms with Crippen molar-refractivity contribution in [1.82, 2.24) is 19.7 Å². The fourth-order valence-electron chi connectivity index (χ4n) is 2.84. The molecule has 1 aliphatic carbocycles. The van der Waals surface area contributed by atoms with Crippen LogP contribution in [0, 0.1) is 18.4 Å². The van der Waals surface area contributed by atoms with Gasteiger partial charge in [-0.05, 0) is 24.6 Å². The summed E-state index contributed by atoms with van der Waals surface area (Å²) >= 11 is 0. The number of nitrogens with two attached hydrogens (primary N) is 1. The third kappa shape index (κ3) is 4.21. The van der Waals surface area contributed by atoms with Crippen LogP contribution >= 0.6 is 0 Å². The Morgan fingerprint density at radius 1 is 1.50 bits per heavy atom. The van der Waals surface area contributed by atoms with Gasteiger partial charge < -0.3 is 15.2 Å². The monoisotopic (exact) mass is 389 g/mol. The molecule has 8 heteroatoms. The van der Waals surface area contributed by atoms with E-state index < -0.39 is 37.2 Å². The first-order valence-electron chi connectivity index (χ1n) is 12.0. The second-order valence-corrected chi connectivity index (χ2v) is 6.02. The van der Waals surface area contributed by atoms with Crippen LogP contribution in [0.4, 0.5) is 5.82 Å². The smallest absolute Gasteiger partial charge is 0.175 e. The molecule has 2 N–H and O–H groups in total. The summed E-state index contributed by atoms with van der Waals surface area (Å²) in [5, 5.41) is 4.20. The molecular formula is C20H26N6O2. The third-order valence-corrected chi connectivity index (χ3v) is 4.25. The second-order valence-electron chi connectivity index (χ2n) is 6.02. The van der Waals surface area contributed by atoms with Crippen molar-refractivity contribution in [3.63, 3.8) is 0 Å². The zero-order valence-electron chi connectivity index (χ0n) is 22.8. The van der Waals surface area contributed by atoms with Gasteiger partial charge in [0.1, 0.15) is 12.1 Å². The first-order chi connectivity index (χ1) is 16.2. The van der Waals surface area contributed by atoms with Crippen molar-refractivity contribution in [2.24, 2.45) is 11.8 Å². The standard InChI is InChI=1S/C20H26N6O2/c1-13-5-6-14(7-13)17(10-22-2)26-11-15(9-25-26)19-16(8-18(27-3)28-4)20(21)24-12-23-19/h9-14,18H,5-8H2,1,3-4H3,(H2,21,23,24)/b17-10-/i5D2,6D2,7D2,13D. The molecule has 1 aliphatic rings. The molecule has 1 saturated carbocycles. The van der Waals surface area contributed by atoms with Gasteiger partial charge in [-0.15, -0.1) is 0 Å². The van der Waals surface area contributed by atoms with Crippen LogP contribution in [0.5, 0.6) is 0 Å². The lowest BCUT2D eigenvalue weighted by Gasteiger charge is -2.16. The van der Waals surface area contributed by atoms with Crippen LogP contribution in [0.2, 0.25) is 0 Å². The molecule has 2 atom stereocenters. The highest BCUT2D eigenvalue weighted by molar-refractivity contribution is 5.67. The number of hydrogen-bond donors (Lipinski definition) is 1. The Bertz CT molecular complexity index is 1140. The number of allylic oxidation sites excluding steroid dienone is 1. The molecular weight excluding hydrogens is 356 g/mol. The topological polar surface area (TPSA) is 92.4 Å². The molecule has 2 unspecified atom stereocenters. The van der Waals surface area contributed by atoms with Crippen LogP contribution < -0.4 is 5.73 Å². The van der Waals surface area contributed by atoms with Crippen LogP contribution in [0.1, 0.15) is 41.2 Å². The predicted octanol–water partition coefficient (Wildman–Crippen LogP) is 3.24. The lowest BCUT2D eigenvalue weighted by molar-refractivity contribution is -0.100. The van der Waals surface area contributed by atoms with E-state index in [1.54, 1.807) is 0 Å². The largest absolute Gasteiger partial charge is 0.383 e. The van der Waals surface area contributed by atoms with Gasteiger partial charge in [-0.25, -0.2) is 14.8 Å². The highest BCUT2D eigenvalue weighted by atomic mass is 16.7. The van der Waals surface area contributed by atoms with E-state index in [2.05, 4.69) is 19.9 Å². The fraction of sp³-hybridized carbons (Fsp3) is 0.500. The summed E-state index contributed by atoms with van der Waals surface area (Å²) in [5.74, 6) is -4.08. The Morgan fingerprint density at radius 3 is 2.93 bits per heavy atom. The molecule has 0 spiro atoms. The Kier molecular flexibility index (Phi) is 4.04. The molecule has 2 heterocycles. The van der Waals surface area contributed by atoms with Gasteiger partial charge in [0.05, 0.1) is 18.5 Å². The maximum absolute atomic E-state index is 8.52. The quantitative estimate of drug-likeness (QED) is 0.577. The highest BCUT2D eigenvalue weighted by Crippen LogP contribution is 2.37. The van der Waals surface area contributed by atoms with Gasteiger partial charge >= 0.3 is 0 Å². The molecule has 0 saturated heterocycles. The number of ether oxygens (including phenoxy) is 2. The molecule has 148 valence electrons. The van der Waals surface area contributed by atoms with Crippen molar-refractivity contribution in [1.29, 1.82) is 0 Å². The summed E-state index contributed by atoms with van der Waals surface area (Å²) in [6, 6.07) is 0. The van der Waals surface area contributed by atoms with Crippen molar-refractivity contribution in [2.45, 2.75) is 38.8 Å². The van der Waals surface area contributed by atoms with Crippen LogP contribution in [0.25, 0.3) is 21.8 Å². The van der Waals surface area contributed by atoms with E-state index in [0.29, 0.717) is 16.8 Å². The van der Waals surface area contributed by atoms with Crippen molar-refractivity contribution in [3.05, 3.63) is 41.9 Å². The summed E-state index contributed by atoms with van der Waals surface area (Å²) in [7, 11) is 2.94. The van der Waals surface area contributed by atoms with Gasteiger partial charge in [0, 0.05) is 53.3 Å². The summed E-state index contributed by atoms with van der Waals surface area (Å²) in [4.78, 5) is 11.5. The minimum absolute atomic E-state index is 0.181. The van der Waals surface area contributed by atoms with Crippen LogP contribution in [0.15, 0.2) is 24.9 Å². The molecule has 0 bridgehead atoms. The van der Waals surface area contributed by atoms with Crippen molar-refractivity contribution < 1.29 is 19.1 Å². The zero-order valence-corrected chi connectivity index (χ0v) is 15.8. The molecule has 3 rings (SSSR count). The lowest BCUT2D eigenvalue weighted by atomic mass is 10.0. The SMILES string of the molecule is [2H]C1([2H])C(/C(=C/[N+]#[C-])n2cc(-c3ncnc(N)c3CC(OC)OC)cn2)C([2H])([2H])C([2H])(C)C1([2H])[2H]. The Hall–Kier alpha value is -2.76. The second kappa shape index (κ2) is 8.95. The molecule has 2 aromatic heterocycles. The van der Waals surface area contributed by atoms with Gasteiger partial charge in [0.15, 0.2) is 12.5 Å². The van der Waals surface area contributed by atoms with Gasteiger partial charge in [0.2, 0.25) is 0 Å². The van der Waals surface area contributed by atoms with Gasteiger partial charge in [-0.1, -0.05) is 13.3 Å². The Balaban J connectivity index is 2.14. The van der Waals surface area contributed by atoms with Crippen molar-refractivity contribution in [2.75, 3.05) is 20.0 Å². The van der Waals surface area contributed by atoms with Gasteiger partial charge in [-0.3, -0.25) is 4.68 Å². The van der Waals surface area contributed by atoms with E-state index >= 15 is 0 Å². The van der Waals surface area contributed by atoms with Crippen molar-refractivity contribution >= 4 is 11.5 Å². The average molecular weight is 390 g/mol. The minimum atomic E-state index is -2.87. The third-order valence-electron chi connectivity index (χ3n) is 4.25. The molecule has 0 radical (unpaired) electrons. The molecule has 2 aromatic rings. The Morgan fingerprint density at radius 2 is 2.29 bits per heavy atom. The first-order valence-corrected chi connectivity index (χ1v) is 8.46. The molecule has 28 heavy (non-hydrogen) atoms. The lowest BCUT2D eigenvalue weighted by Crippen LogP contribution is -2.18. The summed E-state index contributed by atoms with van der Waals surface area (Å²) < 4.78 is 70.4.